The molecule has 1 atom stereocenters. The molecule has 2 aromatic rings. The third-order valence-corrected chi connectivity index (χ3v) is 3.09. The van der Waals surface area contributed by atoms with E-state index in [0.717, 1.165) is 10.0 Å². The van der Waals surface area contributed by atoms with Crippen LogP contribution in [-0.4, -0.2) is 19.9 Å². The maximum absolute atomic E-state index is 9.12. The minimum Gasteiger partial charge on any atom is -0.388 e. The molecule has 1 unspecified atom stereocenters. The highest BCUT2D eigenvalue weighted by molar-refractivity contribution is 9.10. The van der Waals surface area contributed by atoms with Gasteiger partial charge in [-0.15, -0.1) is 10.2 Å². The van der Waals surface area contributed by atoms with Gasteiger partial charge >= 0.3 is 0 Å². The first kappa shape index (κ1) is 11.3. The Labute approximate surface area is 102 Å². The third kappa shape index (κ3) is 2.15. The van der Waals surface area contributed by atoms with E-state index in [0.29, 0.717) is 5.82 Å². The van der Waals surface area contributed by atoms with E-state index in [2.05, 4.69) is 26.1 Å². The first-order valence-electron chi connectivity index (χ1n) is 4.97. The summed E-state index contributed by atoms with van der Waals surface area (Å²) in [5.41, 5.74) is 1.15. The van der Waals surface area contributed by atoms with Gasteiger partial charge in [0.05, 0.1) is 6.04 Å². The topological polar surface area (TPSA) is 50.9 Å². The van der Waals surface area contributed by atoms with E-state index in [1.807, 2.05) is 35.8 Å². The first-order chi connectivity index (χ1) is 7.72. The predicted octanol–water partition coefficient (Wildman–Crippen LogP) is 2.14. The van der Waals surface area contributed by atoms with Crippen LogP contribution < -0.4 is 0 Å². The molecule has 1 aromatic heterocycles. The molecule has 0 fully saturated rings. The summed E-state index contributed by atoms with van der Waals surface area (Å²) < 4.78 is 2.91. The van der Waals surface area contributed by atoms with E-state index in [9.17, 15) is 0 Å². The normalized spacial score (nSPS) is 12.7. The van der Waals surface area contributed by atoms with Crippen LogP contribution in [0.25, 0.3) is 0 Å². The molecule has 1 N–H and O–H groups in total. The molecule has 0 amide bonds. The Balaban J connectivity index is 2.31. The molecule has 0 radical (unpaired) electrons. The Hall–Kier alpha value is -1.20. The lowest BCUT2D eigenvalue weighted by Gasteiger charge is -2.15. The van der Waals surface area contributed by atoms with Gasteiger partial charge in [-0.2, -0.15) is 0 Å². The van der Waals surface area contributed by atoms with E-state index >= 15 is 0 Å². The molecule has 4 nitrogen and oxygen atoms in total. The summed E-state index contributed by atoms with van der Waals surface area (Å²) >= 11 is 3.40. The zero-order valence-corrected chi connectivity index (χ0v) is 10.4. The molecule has 16 heavy (non-hydrogen) atoms. The average Bonchev–Trinajstić information content (AvgIpc) is 2.77. The number of aromatic nitrogens is 3. The molecule has 0 bridgehead atoms. The largest absolute Gasteiger partial charge is 0.388 e. The Morgan fingerprint density at radius 3 is 2.69 bits per heavy atom. The second kappa shape index (κ2) is 4.76. The van der Waals surface area contributed by atoms with Crippen molar-refractivity contribution < 1.29 is 5.11 Å². The second-order valence-corrected chi connectivity index (χ2v) is 4.46. The van der Waals surface area contributed by atoms with E-state index in [1.165, 1.54) is 0 Å². The van der Waals surface area contributed by atoms with Crippen molar-refractivity contribution in [2.24, 2.45) is 0 Å². The monoisotopic (exact) mass is 281 g/mol. The van der Waals surface area contributed by atoms with E-state index in [-0.39, 0.29) is 12.6 Å². The Morgan fingerprint density at radius 2 is 2.06 bits per heavy atom. The van der Waals surface area contributed by atoms with Gasteiger partial charge in [-0.05, 0) is 24.6 Å². The lowest BCUT2D eigenvalue weighted by atomic mass is 10.1. The van der Waals surface area contributed by atoms with Crippen LogP contribution in [0.4, 0.5) is 0 Å². The zero-order valence-electron chi connectivity index (χ0n) is 8.84. The van der Waals surface area contributed by atoms with E-state index < -0.39 is 0 Å². The summed E-state index contributed by atoms with van der Waals surface area (Å²) in [5.74, 6) is 0.579. The van der Waals surface area contributed by atoms with Crippen LogP contribution in [0.5, 0.6) is 0 Å². The van der Waals surface area contributed by atoms with Crippen LogP contribution >= 0.6 is 15.9 Å². The molecule has 1 aromatic carbocycles. The van der Waals surface area contributed by atoms with Gasteiger partial charge in [0.1, 0.15) is 12.9 Å². The van der Waals surface area contributed by atoms with Gasteiger partial charge in [0.15, 0.2) is 5.82 Å². The van der Waals surface area contributed by atoms with Crippen molar-refractivity contribution in [2.75, 3.05) is 0 Å². The molecular weight excluding hydrogens is 270 g/mol. The summed E-state index contributed by atoms with van der Waals surface area (Å²) in [4.78, 5) is 0. The molecule has 5 heteroatoms. The fourth-order valence-electron chi connectivity index (χ4n) is 1.61. The third-order valence-electron chi connectivity index (χ3n) is 2.56. The van der Waals surface area contributed by atoms with E-state index in [4.69, 9.17) is 5.11 Å². The van der Waals surface area contributed by atoms with E-state index in [1.54, 1.807) is 6.33 Å². The van der Waals surface area contributed by atoms with Crippen molar-refractivity contribution in [1.82, 2.24) is 14.8 Å². The lowest BCUT2D eigenvalue weighted by Crippen LogP contribution is -2.09. The van der Waals surface area contributed by atoms with Crippen molar-refractivity contribution in [1.29, 1.82) is 0 Å². The quantitative estimate of drug-likeness (QED) is 0.938. The molecular formula is C11H12BrN3O. The van der Waals surface area contributed by atoms with Gasteiger partial charge in [0.25, 0.3) is 0 Å². The van der Waals surface area contributed by atoms with Gasteiger partial charge in [0.2, 0.25) is 0 Å². The van der Waals surface area contributed by atoms with Crippen LogP contribution in [0.2, 0.25) is 0 Å². The summed E-state index contributed by atoms with van der Waals surface area (Å²) in [6, 6.07) is 8.18. The molecule has 2 rings (SSSR count). The zero-order chi connectivity index (χ0) is 11.5. The second-order valence-electron chi connectivity index (χ2n) is 3.54. The molecule has 0 spiro atoms. The SMILES string of the molecule is CC(c1ccc(Br)cc1)n1cnnc1CO. The number of halogens is 1. The fraction of sp³-hybridized carbons (Fsp3) is 0.273. The Morgan fingerprint density at radius 1 is 1.38 bits per heavy atom. The van der Waals surface area contributed by atoms with Crippen LogP contribution in [0.1, 0.15) is 24.4 Å². The number of nitrogens with zero attached hydrogens (tertiary/aromatic N) is 3. The lowest BCUT2D eigenvalue weighted by molar-refractivity contribution is 0.263. The van der Waals surface area contributed by atoms with Crippen LogP contribution in [0, 0.1) is 0 Å². The van der Waals surface area contributed by atoms with Gasteiger partial charge < -0.3 is 9.67 Å². The number of rotatable bonds is 3. The number of hydrogen-bond acceptors (Lipinski definition) is 3. The highest BCUT2D eigenvalue weighted by atomic mass is 79.9. The molecule has 0 saturated heterocycles. The van der Waals surface area contributed by atoms with Gasteiger partial charge in [0, 0.05) is 4.47 Å². The van der Waals surface area contributed by atoms with Crippen molar-refractivity contribution in [2.45, 2.75) is 19.6 Å². The maximum Gasteiger partial charge on any atom is 0.159 e. The Bertz CT molecular complexity index is 466. The van der Waals surface area contributed by atoms with Gasteiger partial charge in [-0.3, -0.25) is 0 Å². The van der Waals surface area contributed by atoms with Crippen molar-refractivity contribution in [3.8, 4) is 0 Å². The smallest absolute Gasteiger partial charge is 0.159 e. The van der Waals surface area contributed by atoms with Crippen LogP contribution in [-0.2, 0) is 6.61 Å². The number of benzene rings is 1. The summed E-state index contributed by atoms with van der Waals surface area (Å²) in [7, 11) is 0. The summed E-state index contributed by atoms with van der Waals surface area (Å²) in [6.45, 7) is 1.95. The fourth-order valence-corrected chi connectivity index (χ4v) is 1.87. The van der Waals surface area contributed by atoms with Gasteiger partial charge in [-0.25, -0.2) is 0 Å². The van der Waals surface area contributed by atoms with Crippen LogP contribution in [0.3, 0.4) is 0 Å². The molecule has 0 aliphatic rings. The van der Waals surface area contributed by atoms with Crippen molar-refractivity contribution in [3.05, 3.63) is 46.5 Å². The average molecular weight is 282 g/mol. The minimum atomic E-state index is -0.0964. The first-order valence-corrected chi connectivity index (χ1v) is 5.76. The molecule has 0 aliphatic heterocycles. The summed E-state index contributed by atoms with van der Waals surface area (Å²) in [5, 5.41) is 16.8. The number of aliphatic hydroxyl groups is 1. The number of aliphatic hydroxyl groups excluding tert-OH is 1. The molecule has 0 saturated carbocycles. The maximum atomic E-state index is 9.12. The predicted molar refractivity (Wildman–Crippen MR) is 63.9 cm³/mol. The minimum absolute atomic E-state index is 0.0964. The highest BCUT2D eigenvalue weighted by Gasteiger charge is 2.11. The summed E-state index contributed by atoms with van der Waals surface area (Å²) in [6.07, 6.45) is 1.64. The molecule has 84 valence electrons. The molecule has 0 aliphatic carbocycles. The van der Waals surface area contributed by atoms with Crippen molar-refractivity contribution >= 4 is 15.9 Å². The number of hydrogen-bond donors (Lipinski definition) is 1. The van der Waals surface area contributed by atoms with Crippen molar-refractivity contribution in [3.63, 3.8) is 0 Å². The Kier molecular flexibility index (Phi) is 3.36. The van der Waals surface area contributed by atoms with Gasteiger partial charge in [-0.1, -0.05) is 28.1 Å². The molecule has 1 heterocycles. The highest BCUT2D eigenvalue weighted by Crippen LogP contribution is 2.20. The van der Waals surface area contributed by atoms with Crippen LogP contribution in [0.15, 0.2) is 35.1 Å². The standard InChI is InChI=1S/C11H12BrN3O/c1-8(9-2-4-10(12)5-3-9)15-7-13-14-11(15)6-16/h2-5,7-8,16H,6H2,1H3.